The molecule has 0 aliphatic heterocycles. The van der Waals surface area contributed by atoms with Crippen LogP contribution in [-0.2, 0) is 17.7 Å². The number of rotatable bonds is 4. The molecule has 90 valence electrons. The van der Waals surface area contributed by atoms with Gasteiger partial charge >= 0.3 is 5.97 Å². The fourth-order valence-corrected chi connectivity index (χ4v) is 1.77. The molecule has 0 radical (unpaired) electrons. The molecular formula is C13H16N2O2. The summed E-state index contributed by atoms with van der Waals surface area (Å²) in [4.78, 5) is 11.9. The first-order chi connectivity index (χ1) is 8.19. The largest absolute Gasteiger partial charge is 0.462 e. The quantitative estimate of drug-likeness (QED) is 0.802. The van der Waals surface area contributed by atoms with Gasteiger partial charge in [-0.25, -0.2) is 4.79 Å². The minimum Gasteiger partial charge on any atom is -0.462 e. The van der Waals surface area contributed by atoms with Gasteiger partial charge in [0.25, 0.3) is 0 Å². The zero-order chi connectivity index (χ0) is 12.8. The van der Waals surface area contributed by atoms with E-state index in [0.717, 1.165) is 5.56 Å². The Bertz CT molecular complexity index is 461. The second kappa shape index (κ2) is 6.02. The Labute approximate surface area is 101 Å². The van der Waals surface area contributed by atoms with Gasteiger partial charge in [-0.3, -0.25) is 0 Å². The van der Waals surface area contributed by atoms with E-state index in [1.165, 1.54) is 0 Å². The van der Waals surface area contributed by atoms with Crippen molar-refractivity contribution in [1.82, 2.24) is 0 Å². The third-order valence-electron chi connectivity index (χ3n) is 2.58. The van der Waals surface area contributed by atoms with Gasteiger partial charge in [-0.2, -0.15) is 5.26 Å². The standard InChI is InChI=1S/C13H16N2O2/c1-3-9-5-6-10(7-14)11(8-15)12(9)13(16)17-4-2/h5-6H,3-4,8,15H2,1-2H3. The van der Waals surface area contributed by atoms with Crippen molar-refractivity contribution in [2.75, 3.05) is 6.61 Å². The van der Waals surface area contributed by atoms with E-state index in [9.17, 15) is 4.79 Å². The molecular weight excluding hydrogens is 216 g/mol. The molecule has 0 aromatic heterocycles. The zero-order valence-electron chi connectivity index (χ0n) is 10.1. The van der Waals surface area contributed by atoms with Gasteiger partial charge in [-0.15, -0.1) is 0 Å². The lowest BCUT2D eigenvalue weighted by Crippen LogP contribution is -2.15. The molecule has 0 atom stereocenters. The van der Waals surface area contributed by atoms with E-state index in [4.69, 9.17) is 15.7 Å². The summed E-state index contributed by atoms with van der Waals surface area (Å²) >= 11 is 0. The van der Waals surface area contributed by atoms with E-state index in [1.807, 2.05) is 13.0 Å². The molecule has 0 fully saturated rings. The van der Waals surface area contributed by atoms with Gasteiger partial charge in [0, 0.05) is 6.54 Å². The number of nitriles is 1. The Morgan fingerprint density at radius 2 is 2.18 bits per heavy atom. The first-order valence-corrected chi connectivity index (χ1v) is 5.61. The maximum absolute atomic E-state index is 11.9. The van der Waals surface area contributed by atoms with E-state index in [1.54, 1.807) is 19.1 Å². The average Bonchev–Trinajstić information content (AvgIpc) is 2.36. The Kier molecular flexibility index (Phi) is 4.68. The molecule has 0 spiro atoms. The molecule has 0 saturated carbocycles. The molecule has 4 nitrogen and oxygen atoms in total. The second-order valence-electron chi connectivity index (χ2n) is 3.52. The van der Waals surface area contributed by atoms with E-state index in [0.29, 0.717) is 29.7 Å². The van der Waals surface area contributed by atoms with Crippen LogP contribution in [0.2, 0.25) is 0 Å². The summed E-state index contributed by atoms with van der Waals surface area (Å²) < 4.78 is 5.01. The highest BCUT2D eigenvalue weighted by Gasteiger charge is 2.18. The van der Waals surface area contributed by atoms with Gasteiger partial charge in [0.15, 0.2) is 0 Å². The number of nitrogens with two attached hydrogens (primary N) is 1. The van der Waals surface area contributed by atoms with Crippen LogP contribution in [0.3, 0.4) is 0 Å². The minimum absolute atomic E-state index is 0.158. The lowest BCUT2D eigenvalue weighted by Gasteiger charge is -2.13. The van der Waals surface area contributed by atoms with E-state index < -0.39 is 5.97 Å². The maximum atomic E-state index is 11.9. The van der Waals surface area contributed by atoms with Crippen molar-refractivity contribution in [3.63, 3.8) is 0 Å². The summed E-state index contributed by atoms with van der Waals surface area (Å²) in [6.07, 6.45) is 0.701. The number of carbonyl (C=O) groups is 1. The van der Waals surface area contributed by atoms with Crippen molar-refractivity contribution < 1.29 is 9.53 Å². The molecule has 0 aliphatic carbocycles. The maximum Gasteiger partial charge on any atom is 0.338 e. The van der Waals surface area contributed by atoms with Crippen molar-refractivity contribution >= 4 is 5.97 Å². The van der Waals surface area contributed by atoms with E-state index in [2.05, 4.69) is 0 Å². The van der Waals surface area contributed by atoms with Crippen molar-refractivity contribution in [2.24, 2.45) is 5.73 Å². The van der Waals surface area contributed by atoms with Gasteiger partial charge < -0.3 is 10.5 Å². The second-order valence-corrected chi connectivity index (χ2v) is 3.52. The first-order valence-electron chi connectivity index (χ1n) is 5.61. The Balaban J connectivity index is 3.41. The molecule has 0 saturated heterocycles. The summed E-state index contributed by atoms with van der Waals surface area (Å²) in [7, 11) is 0. The lowest BCUT2D eigenvalue weighted by molar-refractivity contribution is 0.0524. The monoisotopic (exact) mass is 232 g/mol. The Hall–Kier alpha value is -1.86. The average molecular weight is 232 g/mol. The van der Waals surface area contributed by atoms with Gasteiger partial charge in [-0.1, -0.05) is 13.0 Å². The van der Waals surface area contributed by atoms with Crippen LogP contribution in [0.5, 0.6) is 0 Å². The fourth-order valence-electron chi connectivity index (χ4n) is 1.77. The topological polar surface area (TPSA) is 76.1 Å². The van der Waals surface area contributed by atoms with Gasteiger partial charge in [-0.05, 0) is 30.5 Å². The molecule has 1 rings (SSSR count). The molecule has 0 unspecified atom stereocenters. The highest BCUT2D eigenvalue weighted by Crippen LogP contribution is 2.20. The number of hydrogen-bond acceptors (Lipinski definition) is 4. The van der Waals surface area contributed by atoms with E-state index in [-0.39, 0.29) is 6.54 Å². The number of esters is 1. The molecule has 0 heterocycles. The fraction of sp³-hybridized carbons (Fsp3) is 0.385. The van der Waals surface area contributed by atoms with Gasteiger partial charge in [0.05, 0.1) is 23.8 Å². The van der Waals surface area contributed by atoms with Gasteiger partial charge in [0.1, 0.15) is 0 Å². The number of nitrogens with zero attached hydrogens (tertiary/aromatic N) is 1. The van der Waals surface area contributed by atoms with Gasteiger partial charge in [0.2, 0.25) is 0 Å². The summed E-state index contributed by atoms with van der Waals surface area (Å²) in [6, 6.07) is 5.53. The van der Waals surface area contributed by atoms with Crippen LogP contribution in [0, 0.1) is 11.3 Å². The van der Waals surface area contributed by atoms with Crippen LogP contribution < -0.4 is 5.73 Å². The lowest BCUT2D eigenvalue weighted by atomic mass is 9.95. The molecule has 1 aromatic carbocycles. The smallest absolute Gasteiger partial charge is 0.338 e. The van der Waals surface area contributed by atoms with Crippen LogP contribution in [0.4, 0.5) is 0 Å². The van der Waals surface area contributed by atoms with Crippen molar-refractivity contribution in [1.29, 1.82) is 5.26 Å². The number of aryl methyl sites for hydroxylation is 1. The minimum atomic E-state index is -0.401. The predicted octanol–water partition coefficient (Wildman–Crippen LogP) is 1.76. The van der Waals surface area contributed by atoms with Crippen LogP contribution in [0.15, 0.2) is 12.1 Å². The highest BCUT2D eigenvalue weighted by atomic mass is 16.5. The SMILES string of the molecule is CCOC(=O)c1c(CC)ccc(C#N)c1CN. The summed E-state index contributed by atoms with van der Waals surface area (Å²) in [5.74, 6) is -0.401. The molecule has 0 aliphatic rings. The number of ether oxygens (including phenoxy) is 1. The molecule has 0 amide bonds. The highest BCUT2D eigenvalue weighted by molar-refractivity contribution is 5.93. The first kappa shape index (κ1) is 13.2. The zero-order valence-corrected chi connectivity index (χ0v) is 10.1. The number of benzene rings is 1. The van der Waals surface area contributed by atoms with Crippen LogP contribution in [-0.4, -0.2) is 12.6 Å². The summed E-state index contributed by atoms with van der Waals surface area (Å²) in [5.41, 5.74) is 7.96. The van der Waals surface area contributed by atoms with Crippen molar-refractivity contribution in [3.05, 3.63) is 34.4 Å². The van der Waals surface area contributed by atoms with Crippen LogP contribution in [0.25, 0.3) is 0 Å². The Morgan fingerprint density at radius 1 is 1.47 bits per heavy atom. The van der Waals surface area contributed by atoms with Crippen LogP contribution in [0.1, 0.15) is 40.9 Å². The van der Waals surface area contributed by atoms with E-state index >= 15 is 0 Å². The number of carbonyl (C=O) groups excluding carboxylic acids is 1. The predicted molar refractivity (Wildman–Crippen MR) is 64.4 cm³/mol. The third kappa shape index (κ3) is 2.63. The normalized spacial score (nSPS) is 9.76. The van der Waals surface area contributed by atoms with Crippen molar-refractivity contribution in [2.45, 2.75) is 26.8 Å². The van der Waals surface area contributed by atoms with Crippen LogP contribution >= 0.6 is 0 Å². The summed E-state index contributed by atoms with van der Waals surface area (Å²) in [6.45, 7) is 4.16. The Morgan fingerprint density at radius 3 is 2.65 bits per heavy atom. The molecule has 1 aromatic rings. The third-order valence-corrected chi connectivity index (χ3v) is 2.58. The molecule has 2 N–H and O–H groups in total. The summed E-state index contributed by atoms with van der Waals surface area (Å²) in [5, 5.41) is 8.99. The number of hydrogen-bond donors (Lipinski definition) is 1. The molecule has 0 bridgehead atoms. The molecule has 4 heteroatoms. The van der Waals surface area contributed by atoms with Crippen molar-refractivity contribution in [3.8, 4) is 6.07 Å². The molecule has 17 heavy (non-hydrogen) atoms.